The summed E-state index contributed by atoms with van der Waals surface area (Å²) < 4.78 is 36.4. The van der Waals surface area contributed by atoms with Gasteiger partial charge in [-0.15, -0.1) is 0 Å². The molecule has 4 N–H and O–H groups in total. The molecule has 0 spiro atoms. The minimum Gasteiger partial charge on any atom is -0.365 e. The van der Waals surface area contributed by atoms with E-state index in [0.717, 1.165) is 12.5 Å². The van der Waals surface area contributed by atoms with Crippen LogP contribution in [0.1, 0.15) is 13.3 Å². The Labute approximate surface area is 112 Å². The number of rotatable bonds is 3. The van der Waals surface area contributed by atoms with E-state index in [1.807, 2.05) is 4.90 Å². The van der Waals surface area contributed by atoms with Gasteiger partial charge in [0.15, 0.2) is 0 Å². The van der Waals surface area contributed by atoms with Crippen molar-refractivity contribution < 1.29 is 12.8 Å². The average molecular weight is 287 g/mol. The molecule has 1 aliphatic rings. The van der Waals surface area contributed by atoms with Crippen LogP contribution in [0.5, 0.6) is 0 Å². The third-order valence-corrected chi connectivity index (χ3v) is 4.59. The number of halogens is 1. The monoisotopic (exact) mass is 287 g/mol. The van der Waals surface area contributed by atoms with E-state index in [1.165, 1.54) is 12.1 Å². The number of hydrogen-bond acceptors (Lipinski definition) is 4. The Morgan fingerprint density at radius 3 is 2.68 bits per heavy atom. The fraction of sp³-hybridized carbons (Fsp3) is 0.500. The summed E-state index contributed by atoms with van der Waals surface area (Å²) in [6, 6.07) is 3.82. The zero-order valence-corrected chi connectivity index (χ0v) is 11.5. The summed E-state index contributed by atoms with van der Waals surface area (Å²) in [7, 11) is -3.88. The summed E-state index contributed by atoms with van der Waals surface area (Å²) in [6.07, 6.45) is 0.943. The van der Waals surface area contributed by atoms with Gasteiger partial charge in [0.1, 0.15) is 5.82 Å². The van der Waals surface area contributed by atoms with Crippen molar-refractivity contribution in [2.75, 3.05) is 18.0 Å². The molecule has 1 aromatic carbocycles. The van der Waals surface area contributed by atoms with Crippen LogP contribution in [-0.2, 0) is 10.0 Å². The van der Waals surface area contributed by atoms with Gasteiger partial charge in [0.2, 0.25) is 10.0 Å². The van der Waals surface area contributed by atoms with Crippen LogP contribution in [0.15, 0.2) is 23.1 Å². The van der Waals surface area contributed by atoms with Crippen LogP contribution >= 0.6 is 0 Å². The molecule has 0 radical (unpaired) electrons. The number of hydrogen-bond donors (Lipinski definition) is 2. The second kappa shape index (κ2) is 5.07. The van der Waals surface area contributed by atoms with E-state index in [2.05, 4.69) is 6.92 Å². The normalized spacial score (nSPS) is 23.9. The lowest BCUT2D eigenvalue weighted by Crippen LogP contribution is -2.38. The molecule has 2 rings (SSSR count). The molecular formula is C12H18FN3O2S. The van der Waals surface area contributed by atoms with Crippen LogP contribution in [0.3, 0.4) is 0 Å². The van der Waals surface area contributed by atoms with Gasteiger partial charge in [0.05, 0.1) is 10.6 Å². The van der Waals surface area contributed by atoms with Crippen LogP contribution < -0.4 is 15.8 Å². The number of nitrogens with zero attached hydrogens (tertiary/aromatic N) is 1. The van der Waals surface area contributed by atoms with Gasteiger partial charge < -0.3 is 10.6 Å². The topological polar surface area (TPSA) is 89.4 Å². The number of sulfonamides is 1. The van der Waals surface area contributed by atoms with Crippen LogP contribution in [0.25, 0.3) is 0 Å². The standard InChI is InChI=1S/C12H18FN3O2S/c1-8-4-5-16(12(8)7-14)11-3-2-9(6-10(11)13)19(15,17)18/h2-3,6,8,12H,4-5,7,14H2,1H3,(H2,15,17,18). The van der Waals surface area contributed by atoms with Gasteiger partial charge in [-0.05, 0) is 30.5 Å². The molecule has 0 aromatic heterocycles. The SMILES string of the molecule is CC1CCN(c2ccc(S(N)(=O)=O)cc2F)C1CN. The van der Waals surface area contributed by atoms with Crippen molar-refractivity contribution in [3.63, 3.8) is 0 Å². The Balaban J connectivity index is 2.37. The molecule has 2 unspecified atom stereocenters. The summed E-state index contributed by atoms with van der Waals surface area (Å²) >= 11 is 0. The Morgan fingerprint density at radius 1 is 1.47 bits per heavy atom. The van der Waals surface area contributed by atoms with Crippen molar-refractivity contribution in [2.24, 2.45) is 16.8 Å². The van der Waals surface area contributed by atoms with Crippen molar-refractivity contribution in [2.45, 2.75) is 24.3 Å². The molecule has 0 amide bonds. The summed E-state index contributed by atoms with van der Waals surface area (Å²) in [5.41, 5.74) is 6.10. The third-order valence-electron chi connectivity index (χ3n) is 3.68. The number of anilines is 1. The maximum atomic E-state index is 14.1. The fourth-order valence-corrected chi connectivity index (χ4v) is 3.09. The van der Waals surface area contributed by atoms with E-state index in [4.69, 9.17) is 10.9 Å². The van der Waals surface area contributed by atoms with Gasteiger partial charge in [-0.2, -0.15) is 0 Å². The number of nitrogens with two attached hydrogens (primary N) is 2. The molecular weight excluding hydrogens is 269 g/mol. The van der Waals surface area contributed by atoms with E-state index in [1.54, 1.807) is 0 Å². The van der Waals surface area contributed by atoms with Crippen LogP contribution in [0, 0.1) is 11.7 Å². The Bertz CT molecular complexity index is 576. The first-order chi connectivity index (χ1) is 8.84. The Hall–Kier alpha value is -1.18. The summed E-state index contributed by atoms with van der Waals surface area (Å²) in [5.74, 6) is -0.193. The minimum atomic E-state index is -3.88. The maximum Gasteiger partial charge on any atom is 0.238 e. The van der Waals surface area contributed by atoms with Gasteiger partial charge in [0, 0.05) is 19.1 Å². The van der Waals surface area contributed by atoms with E-state index < -0.39 is 15.8 Å². The van der Waals surface area contributed by atoms with Gasteiger partial charge in [-0.1, -0.05) is 6.92 Å². The zero-order valence-electron chi connectivity index (χ0n) is 10.7. The first-order valence-corrected chi connectivity index (χ1v) is 7.68. The van der Waals surface area contributed by atoms with Crippen molar-refractivity contribution >= 4 is 15.7 Å². The van der Waals surface area contributed by atoms with E-state index in [0.29, 0.717) is 24.7 Å². The first-order valence-electron chi connectivity index (χ1n) is 6.13. The van der Waals surface area contributed by atoms with Crippen LogP contribution in [0.2, 0.25) is 0 Å². The smallest absolute Gasteiger partial charge is 0.238 e. The van der Waals surface area contributed by atoms with Gasteiger partial charge in [-0.25, -0.2) is 17.9 Å². The predicted molar refractivity (Wildman–Crippen MR) is 71.7 cm³/mol. The minimum absolute atomic E-state index is 0.0785. The molecule has 5 nitrogen and oxygen atoms in total. The van der Waals surface area contributed by atoms with Crippen LogP contribution in [0.4, 0.5) is 10.1 Å². The third kappa shape index (κ3) is 2.72. The van der Waals surface area contributed by atoms with Crippen molar-refractivity contribution in [1.29, 1.82) is 0 Å². The van der Waals surface area contributed by atoms with Gasteiger partial charge in [-0.3, -0.25) is 0 Å². The molecule has 106 valence electrons. The van der Waals surface area contributed by atoms with Gasteiger partial charge in [0.25, 0.3) is 0 Å². The second-order valence-corrected chi connectivity index (χ2v) is 6.48. The number of benzene rings is 1. The lowest BCUT2D eigenvalue weighted by atomic mass is 10.0. The highest BCUT2D eigenvalue weighted by atomic mass is 32.2. The molecule has 0 saturated carbocycles. The van der Waals surface area contributed by atoms with Crippen molar-refractivity contribution in [1.82, 2.24) is 0 Å². The van der Waals surface area contributed by atoms with Crippen molar-refractivity contribution in [3.8, 4) is 0 Å². The second-order valence-electron chi connectivity index (χ2n) is 4.92. The van der Waals surface area contributed by atoms with Crippen molar-refractivity contribution in [3.05, 3.63) is 24.0 Å². The van der Waals surface area contributed by atoms with E-state index >= 15 is 0 Å². The molecule has 1 aliphatic heterocycles. The summed E-state index contributed by atoms with van der Waals surface area (Å²) in [5, 5.41) is 4.98. The molecule has 19 heavy (non-hydrogen) atoms. The fourth-order valence-electron chi connectivity index (χ4n) is 2.56. The molecule has 0 bridgehead atoms. The molecule has 1 heterocycles. The van der Waals surface area contributed by atoms with Gasteiger partial charge >= 0.3 is 0 Å². The molecule has 0 aliphatic carbocycles. The predicted octanol–water partition coefficient (Wildman–Crippen LogP) is 0.647. The largest absolute Gasteiger partial charge is 0.365 e. The molecule has 7 heteroatoms. The lowest BCUT2D eigenvalue weighted by molar-refractivity contribution is 0.513. The highest BCUT2D eigenvalue weighted by Gasteiger charge is 2.31. The quantitative estimate of drug-likeness (QED) is 0.854. The highest BCUT2D eigenvalue weighted by molar-refractivity contribution is 7.89. The Kier molecular flexibility index (Phi) is 3.80. The molecule has 1 fully saturated rings. The first kappa shape index (κ1) is 14.2. The lowest BCUT2D eigenvalue weighted by Gasteiger charge is -2.28. The molecule has 2 atom stereocenters. The van der Waals surface area contributed by atoms with Crippen LogP contribution in [-0.4, -0.2) is 27.5 Å². The zero-order chi connectivity index (χ0) is 14.2. The average Bonchev–Trinajstić information content (AvgIpc) is 2.69. The Morgan fingerprint density at radius 2 is 2.16 bits per heavy atom. The molecule has 1 saturated heterocycles. The maximum absolute atomic E-state index is 14.1. The summed E-state index contributed by atoms with van der Waals surface area (Å²) in [6.45, 7) is 3.24. The van der Waals surface area contributed by atoms with E-state index in [9.17, 15) is 12.8 Å². The highest BCUT2D eigenvalue weighted by Crippen LogP contribution is 2.31. The van der Waals surface area contributed by atoms with E-state index in [-0.39, 0.29) is 10.9 Å². The summed E-state index contributed by atoms with van der Waals surface area (Å²) in [4.78, 5) is 1.68. The number of primary sulfonamides is 1. The molecule has 1 aromatic rings.